The number of para-hydroxylation sites is 1. The van der Waals surface area contributed by atoms with E-state index in [4.69, 9.17) is 15.9 Å². The first-order valence-electron chi connectivity index (χ1n) is 14.6. The first-order valence-corrected chi connectivity index (χ1v) is 14.6. The number of ketones is 1. The highest BCUT2D eigenvalue weighted by molar-refractivity contribution is 5.97. The largest absolute Gasteiger partial charge is 0.413 e. The minimum absolute atomic E-state index is 0.101. The Bertz CT molecular complexity index is 1530. The van der Waals surface area contributed by atoms with E-state index in [0.717, 1.165) is 17.5 Å². The number of nitrogen functional groups attached to an aromatic ring is 1. The molecule has 224 valence electrons. The molecule has 1 saturated heterocycles. The minimum Gasteiger partial charge on any atom is -0.410 e. The summed E-state index contributed by atoms with van der Waals surface area (Å²) in [4.78, 5) is 41.5. The van der Waals surface area contributed by atoms with E-state index in [9.17, 15) is 14.4 Å². The van der Waals surface area contributed by atoms with E-state index in [1.165, 1.54) is 0 Å². The maximum Gasteiger partial charge on any atom is 0.413 e. The molecular weight excluding hydrogens is 554 g/mol. The molecule has 4 aromatic rings. The van der Waals surface area contributed by atoms with Gasteiger partial charge in [-0.15, -0.1) is 0 Å². The number of amidine groups is 1. The number of rotatable bonds is 11. The Morgan fingerprint density at radius 3 is 1.86 bits per heavy atom. The highest BCUT2D eigenvalue weighted by Gasteiger charge is 2.37. The fraction of sp³-hybridized carbons (Fsp3) is 0.200. The molecule has 6 N–H and O–H groups in total. The second kappa shape index (κ2) is 14.3. The number of Topliss-reactive ketones (excluding diaryl/α,β-unsaturated/α-hetero) is 1. The third kappa shape index (κ3) is 7.37. The number of amides is 2. The van der Waals surface area contributed by atoms with Crippen molar-refractivity contribution in [2.45, 2.75) is 36.9 Å². The molecule has 9 nitrogen and oxygen atoms in total. The fourth-order valence-corrected chi connectivity index (χ4v) is 5.48. The Balaban J connectivity index is 1.52. The number of carbonyl (C=O) groups is 3. The third-order valence-electron chi connectivity index (χ3n) is 7.69. The second-order valence-electron chi connectivity index (χ2n) is 10.7. The number of ether oxygens (including phenoxy) is 1. The molecular formula is C35H35N5O4. The summed E-state index contributed by atoms with van der Waals surface area (Å²) in [6, 6.07) is 31.5. The zero-order valence-electron chi connectivity index (χ0n) is 24.1. The van der Waals surface area contributed by atoms with E-state index in [0.29, 0.717) is 29.8 Å². The normalized spacial score (nSPS) is 15.6. The number of hydrogen-bond acceptors (Lipinski definition) is 6. The minimum atomic E-state index is -1.15. The second-order valence-corrected chi connectivity index (χ2v) is 10.7. The molecule has 44 heavy (non-hydrogen) atoms. The molecule has 3 atom stereocenters. The molecule has 0 bridgehead atoms. The van der Waals surface area contributed by atoms with E-state index in [2.05, 4.69) is 16.0 Å². The monoisotopic (exact) mass is 589 g/mol. The van der Waals surface area contributed by atoms with Crippen molar-refractivity contribution in [2.24, 2.45) is 5.73 Å². The number of nitrogens with two attached hydrogens (primary N) is 1. The van der Waals surface area contributed by atoms with Crippen LogP contribution in [0.1, 0.15) is 47.1 Å². The van der Waals surface area contributed by atoms with Gasteiger partial charge in [-0.05, 0) is 48.2 Å². The smallest absolute Gasteiger partial charge is 0.410 e. The summed E-state index contributed by atoms with van der Waals surface area (Å²) in [5.74, 6) is -1.13. The predicted octanol–water partition coefficient (Wildman–Crippen LogP) is 4.44. The lowest BCUT2D eigenvalue weighted by Gasteiger charge is -2.30. The summed E-state index contributed by atoms with van der Waals surface area (Å²) in [7, 11) is 0. The van der Waals surface area contributed by atoms with Crippen LogP contribution in [0.3, 0.4) is 0 Å². The summed E-state index contributed by atoms with van der Waals surface area (Å²) < 4.78 is 5.53. The van der Waals surface area contributed by atoms with Crippen molar-refractivity contribution >= 4 is 23.6 Å². The van der Waals surface area contributed by atoms with E-state index >= 15 is 0 Å². The van der Waals surface area contributed by atoms with Gasteiger partial charge in [-0.25, -0.2) is 4.79 Å². The van der Waals surface area contributed by atoms with Crippen molar-refractivity contribution in [1.29, 1.82) is 5.41 Å². The Morgan fingerprint density at radius 2 is 1.34 bits per heavy atom. The van der Waals surface area contributed by atoms with Gasteiger partial charge in [0, 0.05) is 11.5 Å². The van der Waals surface area contributed by atoms with E-state index in [1.54, 1.807) is 54.6 Å². The van der Waals surface area contributed by atoms with Crippen LogP contribution >= 0.6 is 0 Å². The molecule has 4 aromatic carbocycles. The molecule has 9 heteroatoms. The Morgan fingerprint density at radius 1 is 0.773 bits per heavy atom. The molecule has 1 aliphatic rings. The van der Waals surface area contributed by atoms with Gasteiger partial charge in [0.05, 0.1) is 6.04 Å². The van der Waals surface area contributed by atoms with E-state index in [-0.39, 0.29) is 11.6 Å². The first-order chi connectivity index (χ1) is 21.4. The lowest BCUT2D eigenvalue weighted by molar-refractivity contribution is -0.130. The molecule has 1 heterocycles. The van der Waals surface area contributed by atoms with Gasteiger partial charge in [0.25, 0.3) is 0 Å². The van der Waals surface area contributed by atoms with Crippen LogP contribution in [-0.4, -0.2) is 42.2 Å². The zero-order valence-corrected chi connectivity index (χ0v) is 24.1. The lowest BCUT2D eigenvalue weighted by Crippen LogP contribution is -2.53. The summed E-state index contributed by atoms with van der Waals surface area (Å²) in [5, 5.41) is 16.7. The summed E-state index contributed by atoms with van der Waals surface area (Å²) in [6.45, 7) is 0.708. The Hall–Kier alpha value is -5.28. The molecule has 0 radical (unpaired) electrons. The van der Waals surface area contributed by atoms with Crippen molar-refractivity contribution in [3.8, 4) is 5.75 Å². The molecule has 0 aromatic heterocycles. The molecule has 0 spiro atoms. The first kappa shape index (κ1) is 30.2. The zero-order chi connectivity index (χ0) is 30.9. The summed E-state index contributed by atoms with van der Waals surface area (Å²) in [5.41, 5.74) is 8.29. The van der Waals surface area contributed by atoms with Crippen LogP contribution in [-0.2, 0) is 9.59 Å². The summed E-state index contributed by atoms with van der Waals surface area (Å²) >= 11 is 0. The van der Waals surface area contributed by atoms with Crippen molar-refractivity contribution in [2.75, 3.05) is 6.54 Å². The van der Waals surface area contributed by atoms with Crippen LogP contribution in [0.15, 0.2) is 115 Å². The van der Waals surface area contributed by atoms with Gasteiger partial charge in [-0.1, -0.05) is 103 Å². The van der Waals surface area contributed by atoms with Crippen molar-refractivity contribution in [1.82, 2.24) is 16.0 Å². The van der Waals surface area contributed by atoms with Crippen LogP contribution in [0.5, 0.6) is 5.75 Å². The quantitative estimate of drug-likeness (QED) is 0.129. The van der Waals surface area contributed by atoms with Crippen LogP contribution in [0.4, 0.5) is 4.79 Å². The van der Waals surface area contributed by atoms with Gasteiger partial charge >= 0.3 is 6.09 Å². The average molecular weight is 590 g/mol. The standard InChI is InChI=1S/C35H35N5O4/c36-33(37)26-20-18-25(19-21-26)30(32(41)28-17-10-22-38-28)39-34(42)31(40-35(43)44-27-15-8-3-9-16-27)29(23-11-4-1-5-12-23)24-13-6-2-7-14-24/h1-9,11-16,18-21,28-31,38H,10,17,22H2,(H3,36,37)(H,39,42)(H,40,43)/t28-,30?,31+/m0/s1. The maximum atomic E-state index is 14.4. The SMILES string of the molecule is N=C(N)c1ccc(C(NC(=O)[C@H](NC(=O)Oc2ccccc2)C(c2ccccc2)c2ccccc2)C(=O)[C@@H]2CCCN2)cc1. The van der Waals surface area contributed by atoms with Crippen molar-refractivity contribution < 1.29 is 19.1 Å². The highest BCUT2D eigenvalue weighted by atomic mass is 16.6. The molecule has 1 unspecified atom stereocenters. The maximum absolute atomic E-state index is 14.4. The highest BCUT2D eigenvalue weighted by Crippen LogP contribution is 2.30. The molecule has 1 aliphatic heterocycles. The van der Waals surface area contributed by atoms with E-state index < -0.39 is 36.0 Å². The van der Waals surface area contributed by atoms with Gasteiger partial charge in [0.15, 0.2) is 5.78 Å². The van der Waals surface area contributed by atoms with Gasteiger partial charge in [-0.3, -0.25) is 15.0 Å². The topological polar surface area (TPSA) is 146 Å². The van der Waals surface area contributed by atoms with Gasteiger partial charge in [0.1, 0.15) is 23.7 Å². The third-order valence-corrected chi connectivity index (χ3v) is 7.69. The van der Waals surface area contributed by atoms with Crippen LogP contribution in [0, 0.1) is 5.41 Å². The number of carbonyl (C=O) groups excluding carboxylic acids is 3. The molecule has 2 amide bonds. The molecule has 5 rings (SSSR count). The van der Waals surface area contributed by atoms with Crippen LogP contribution in [0.25, 0.3) is 0 Å². The predicted molar refractivity (Wildman–Crippen MR) is 168 cm³/mol. The number of benzene rings is 4. The van der Waals surface area contributed by atoms with Crippen LogP contribution < -0.4 is 26.4 Å². The van der Waals surface area contributed by atoms with Gasteiger partial charge in [-0.2, -0.15) is 0 Å². The fourth-order valence-electron chi connectivity index (χ4n) is 5.48. The van der Waals surface area contributed by atoms with Gasteiger partial charge in [0.2, 0.25) is 5.91 Å². The summed E-state index contributed by atoms with van der Waals surface area (Å²) in [6.07, 6.45) is 0.692. The van der Waals surface area contributed by atoms with Crippen LogP contribution in [0.2, 0.25) is 0 Å². The number of hydrogen-bond donors (Lipinski definition) is 5. The molecule has 1 fully saturated rings. The van der Waals surface area contributed by atoms with Gasteiger partial charge < -0.3 is 26.4 Å². The lowest BCUT2D eigenvalue weighted by atomic mass is 9.84. The van der Waals surface area contributed by atoms with Crippen molar-refractivity contribution in [3.05, 3.63) is 138 Å². The molecule has 0 saturated carbocycles. The van der Waals surface area contributed by atoms with E-state index in [1.807, 2.05) is 60.7 Å². The number of nitrogens with one attached hydrogen (secondary N) is 4. The Kier molecular flexibility index (Phi) is 9.78. The molecule has 0 aliphatic carbocycles. The van der Waals surface area contributed by atoms with Crippen molar-refractivity contribution in [3.63, 3.8) is 0 Å². The Labute approximate surface area is 256 Å². The average Bonchev–Trinajstić information content (AvgIpc) is 3.60.